The van der Waals surface area contributed by atoms with E-state index in [2.05, 4.69) is 16.3 Å². The molecule has 1 unspecified atom stereocenters. The van der Waals surface area contributed by atoms with Crippen molar-refractivity contribution < 1.29 is 18.0 Å². The molecule has 0 aliphatic carbocycles. The molecule has 9 heteroatoms. The van der Waals surface area contributed by atoms with Crippen molar-refractivity contribution in [3.8, 4) is 6.07 Å². The molecule has 1 aliphatic heterocycles. The third-order valence-corrected chi connectivity index (χ3v) is 6.95. The molecular weight excluding hydrogens is 471 g/mol. The number of nitriles is 1. The van der Waals surface area contributed by atoms with Gasteiger partial charge in [-0.1, -0.05) is 35.9 Å². The summed E-state index contributed by atoms with van der Waals surface area (Å²) in [4.78, 5) is 14.0. The first-order valence-corrected chi connectivity index (χ1v) is 11.4. The zero-order valence-electron chi connectivity index (χ0n) is 17.3. The summed E-state index contributed by atoms with van der Waals surface area (Å²) in [5.41, 5.74) is 2.58. The number of benzene rings is 2. The molecule has 4 rings (SSSR count). The Morgan fingerprint density at radius 3 is 2.30 bits per heavy atom. The van der Waals surface area contributed by atoms with Crippen LogP contribution in [0.1, 0.15) is 43.7 Å². The Kier molecular flexibility index (Phi) is 6.75. The summed E-state index contributed by atoms with van der Waals surface area (Å²) in [7, 11) is 0. The number of hydrogen-bond acceptors (Lipinski definition) is 4. The highest BCUT2D eigenvalue weighted by molar-refractivity contribution is 7.14. The van der Waals surface area contributed by atoms with Gasteiger partial charge in [0.15, 0.2) is 0 Å². The van der Waals surface area contributed by atoms with E-state index in [9.17, 15) is 18.0 Å². The fraction of sp³-hybridized carbons (Fsp3) is 0.250. The molecule has 0 bridgehead atoms. The molecule has 1 N–H and O–H groups in total. The zero-order chi connectivity index (χ0) is 23.6. The number of rotatable bonds is 5. The predicted octanol–water partition coefficient (Wildman–Crippen LogP) is 5.89. The van der Waals surface area contributed by atoms with Gasteiger partial charge in [-0.25, -0.2) is 0 Å². The van der Waals surface area contributed by atoms with E-state index >= 15 is 0 Å². The highest BCUT2D eigenvalue weighted by atomic mass is 35.5. The molecule has 2 aromatic carbocycles. The third kappa shape index (κ3) is 5.38. The van der Waals surface area contributed by atoms with Gasteiger partial charge < -0.3 is 5.32 Å². The smallest absolute Gasteiger partial charge is 0.347 e. The van der Waals surface area contributed by atoms with Crippen molar-refractivity contribution in [2.24, 2.45) is 0 Å². The third-order valence-electron chi connectivity index (χ3n) is 5.57. The normalized spacial score (nSPS) is 17.5. The van der Waals surface area contributed by atoms with Crippen LogP contribution in [0.15, 0.2) is 60.7 Å². The fourth-order valence-electron chi connectivity index (χ4n) is 4.01. The lowest BCUT2D eigenvalue weighted by Gasteiger charge is -2.29. The van der Waals surface area contributed by atoms with Crippen molar-refractivity contribution in [3.05, 3.63) is 92.1 Å². The van der Waals surface area contributed by atoms with E-state index in [0.717, 1.165) is 17.2 Å². The number of halogens is 4. The molecule has 170 valence electrons. The topological polar surface area (TPSA) is 56.1 Å². The molecule has 1 fully saturated rings. The van der Waals surface area contributed by atoms with E-state index in [1.165, 1.54) is 6.07 Å². The lowest BCUT2D eigenvalue weighted by Crippen LogP contribution is -2.37. The molecule has 1 aliphatic rings. The van der Waals surface area contributed by atoms with Crippen LogP contribution < -0.4 is 5.32 Å². The zero-order valence-corrected chi connectivity index (χ0v) is 18.8. The van der Waals surface area contributed by atoms with E-state index in [1.807, 2.05) is 36.4 Å². The second-order valence-electron chi connectivity index (χ2n) is 7.80. The highest BCUT2D eigenvalue weighted by Gasteiger charge is 2.34. The SMILES string of the molecule is N#Cc1ccc([C@H](c2ccc(Cl)cc2)N2CCC(NC(=O)c3ccc(C(F)(F)F)s3)C2)cc1. The summed E-state index contributed by atoms with van der Waals surface area (Å²) >= 11 is 6.51. The van der Waals surface area contributed by atoms with Gasteiger partial charge in [-0.15, -0.1) is 11.3 Å². The molecule has 0 radical (unpaired) electrons. The molecule has 4 nitrogen and oxygen atoms in total. The summed E-state index contributed by atoms with van der Waals surface area (Å²) in [6, 6.07) is 18.8. The molecule has 1 amide bonds. The van der Waals surface area contributed by atoms with Gasteiger partial charge in [0.2, 0.25) is 0 Å². The minimum atomic E-state index is -4.46. The maximum absolute atomic E-state index is 12.9. The number of likely N-dealkylation sites (tertiary alicyclic amines) is 1. The van der Waals surface area contributed by atoms with Crippen LogP contribution in [-0.2, 0) is 6.18 Å². The van der Waals surface area contributed by atoms with Gasteiger partial charge in [-0.3, -0.25) is 9.69 Å². The van der Waals surface area contributed by atoms with Crippen molar-refractivity contribution in [1.29, 1.82) is 5.26 Å². The summed E-state index contributed by atoms with van der Waals surface area (Å²) in [5, 5.41) is 12.6. The van der Waals surface area contributed by atoms with Crippen molar-refractivity contribution in [2.75, 3.05) is 13.1 Å². The Bertz CT molecular complexity index is 1170. The standard InChI is InChI=1S/C24H19ClF3N3OS/c25-18-7-5-17(6-8-18)22(16-3-1-15(13-29)2-4-16)31-12-11-19(14-31)30-23(32)20-9-10-21(33-20)24(26,27)28/h1-10,19,22H,11-12,14H2,(H,30,32)/t19?,22-/m1/s1. The Labute approximate surface area is 198 Å². The van der Waals surface area contributed by atoms with Crippen LogP contribution in [0.5, 0.6) is 0 Å². The molecule has 1 saturated heterocycles. The first-order valence-electron chi connectivity index (χ1n) is 10.2. The Hall–Kier alpha value is -2.86. The minimum Gasteiger partial charge on any atom is -0.347 e. The van der Waals surface area contributed by atoms with Crippen LogP contribution in [-0.4, -0.2) is 29.9 Å². The molecule has 3 aromatic rings. The first-order chi connectivity index (χ1) is 15.7. The van der Waals surface area contributed by atoms with Crippen LogP contribution in [0.4, 0.5) is 13.2 Å². The average Bonchev–Trinajstić information content (AvgIpc) is 3.46. The van der Waals surface area contributed by atoms with E-state index in [1.54, 1.807) is 12.1 Å². The van der Waals surface area contributed by atoms with Crippen LogP contribution in [0.2, 0.25) is 5.02 Å². The molecule has 1 aromatic heterocycles. The Morgan fingerprint density at radius 1 is 1.09 bits per heavy atom. The first kappa shape index (κ1) is 23.3. The monoisotopic (exact) mass is 489 g/mol. The van der Waals surface area contributed by atoms with E-state index < -0.39 is 17.0 Å². The van der Waals surface area contributed by atoms with Gasteiger partial charge in [-0.05, 0) is 53.9 Å². The lowest BCUT2D eigenvalue weighted by molar-refractivity contribution is -0.134. The van der Waals surface area contributed by atoms with Crippen LogP contribution in [0.3, 0.4) is 0 Å². The number of thiophene rings is 1. The van der Waals surface area contributed by atoms with E-state index in [-0.39, 0.29) is 17.0 Å². The van der Waals surface area contributed by atoms with Gasteiger partial charge in [0.25, 0.3) is 5.91 Å². The number of carbonyl (C=O) groups is 1. The van der Waals surface area contributed by atoms with Gasteiger partial charge in [0, 0.05) is 24.2 Å². The number of hydrogen-bond donors (Lipinski definition) is 1. The van der Waals surface area contributed by atoms with Crippen LogP contribution in [0, 0.1) is 11.3 Å². The molecule has 0 spiro atoms. The number of nitrogens with one attached hydrogen (secondary N) is 1. The predicted molar refractivity (Wildman–Crippen MR) is 121 cm³/mol. The molecular formula is C24H19ClF3N3OS. The van der Waals surface area contributed by atoms with Gasteiger partial charge in [0.05, 0.1) is 22.6 Å². The molecule has 33 heavy (non-hydrogen) atoms. The maximum Gasteiger partial charge on any atom is 0.425 e. The molecule has 0 saturated carbocycles. The summed E-state index contributed by atoms with van der Waals surface area (Å²) in [6.07, 6.45) is -3.79. The Morgan fingerprint density at radius 2 is 1.73 bits per heavy atom. The van der Waals surface area contributed by atoms with Crippen molar-refractivity contribution >= 4 is 28.8 Å². The molecule has 2 atom stereocenters. The van der Waals surface area contributed by atoms with Gasteiger partial charge in [0.1, 0.15) is 4.88 Å². The molecule has 2 heterocycles. The van der Waals surface area contributed by atoms with Crippen LogP contribution in [0.25, 0.3) is 0 Å². The second kappa shape index (κ2) is 9.56. The maximum atomic E-state index is 12.9. The summed E-state index contributed by atoms with van der Waals surface area (Å²) < 4.78 is 38.6. The summed E-state index contributed by atoms with van der Waals surface area (Å²) in [6.45, 7) is 1.23. The van der Waals surface area contributed by atoms with E-state index in [0.29, 0.717) is 41.4 Å². The lowest BCUT2D eigenvalue weighted by atomic mass is 9.96. The highest BCUT2D eigenvalue weighted by Crippen LogP contribution is 2.35. The largest absolute Gasteiger partial charge is 0.425 e. The summed E-state index contributed by atoms with van der Waals surface area (Å²) in [5.74, 6) is -0.497. The van der Waals surface area contributed by atoms with Crippen molar-refractivity contribution in [2.45, 2.75) is 24.7 Å². The van der Waals surface area contributed by atoms with E-state index in [4.69, 9.17) is 16.9 Å². The number of amides is 1. The van der Waals surface area contributed by atoms with Gasteiger partial charge >= 0.3 is 6.18 Å². The van der Waals surface area contributed by atoms with Gasteiger partial charge in [-0.2, -0.15) is 18.4 Å². The quantitative estimate of drug-likeness (QED) is 0.486. The van der Waals surface area contributed by atoms with Crippen LogP contribution >= 0.6 is 22.9 Å². The average molecular weight is 490 g/mol. The fourth-order valence-corrected chi connectivity index (χ4v) is 4.91. The second-order valence-corrected chi connectivity index (χ2v) is 9.32. The Balaban J connectivity index is 1.51. The van der Waals surface area contributed by atoms with Crippen molar-refractivity contribution in [3.63, 3.8) is 0 Å². The number of carbonyl (C=O) groups excluding carboxylic acids is 1. The number of alkyl halides is 3. The minimum absolute atomic E-state index is 0.0436. The van der Waals surface area contributed by atoms with Crippen molar-refractivity contribution in [1.82, 2.24) is 10.2 Å². The number of nitrogens with zero attached hydrogens (tertiary/aromatic N) is 2.